The smallest absolute Gasteiger partial charge is 0.271 e. The molecule has 0 aliphatic carbocycles. The minimum absolute atomic E-state index is 0.0434. The Morgan fingerprint density at radius 1 is 1.17 bits per heavy atom. The summed E-state index contributed by atoms with van der Waals surface area (Å²) in [7, 11) is 1.53. The second kappa shape index (κ2) is 10.7. The summed E-state index contributed by atoms with van der Waals surface area (Å²) in [5, 5.41) is 20.9. The van der Waals surface area contributed by atoms with Crippen LogP contribution in [0.4, 0.5) is 11.4 Å². The third kappa shape index (κ3) is 5.10. The number of carbonyl (C=O) groups is 1. The third-order valence-electron chi connectivity index (χ3n) is 5.28. The molecule has 176 valence electrons. The zero-order chi connectivity index (χ0) is 24.8. The molecule has 9 nitrogen and oxygen atoms in total. The summed E-state index contributed by atoms with van der Waals surface area (Å²) < 4.78 is 7.29. The molecule has 1 aromatic heterocycles. The summed E-state index contributed by atoms with van der Waals surface area (Å²) in [6.45, 7) is 0.220. The van der Waals surface area contributed by atoms with Gasteiger partial charge in [0.05, 0.1) is 47.0 Å². The van der Waals surface area contributed by atoms with E-state index in [1.165, 1.54) is 35.9 Å². The number of anilines is 1. The fourth-order valence-corrected chi connectivity index (χ4v) is 4.59. The molecule has 0 bridgehead atoms. The lowest BCUT2D eigenvalue weighted by atomic mass is 10.2. The van der Waals surface area contributed by atoms with Crippen molar-refractivity contribution in [1.82, 2.24) is 9.55 Å². The molecule has 0 atom stereocenters. The van der Waals surface area contributed by atoms with E-state index in [9.17, 15) is 14.9 Å². The normalized spacial score (nSPS) is 10.6. The number of hydrogen-bond donors (Lipinski definition) is 0. The number of rotatable bonds is 9. The van der Waals surface area contributed by atoms with Crippen molar-refractivity contribution in [1.29, 1.82) is 5.26 Å². The Bertz CT molecular complexity index is 1410. The summed E-state index contributed by atoms with van der Waals surface area (Å²) in [6, 6.07) is 23.2. The first kappa shape index (κ1) is 23.8. The Kier molecular flexibility index (Phi) is 7.28. The zero-order valence-electron chi connectivity index (χ0n) is 18.8. The average Bonchev–Trinajstić information content (AvgIpc) is 3.26. The van der Waals surface area contributed by atoms with Crippen LogP contribution in [0.1, 0.15) is 6.42 Å². The van der Waals surface area contributed by atoms with Crippen molar-refractivity contribution < 1.29 is 14.5 Å². The molecule has 0 radical (unpaired) electrons. The molecule has 0 spiro atoms. The number of methoxy groups -OCH3 is 1. The Balaban J connectivity index is 1.68. The molecule has 3 aromatic carbocycles. The monoisotopic (exact) mass is 487 g/mol. The van der Waals surface area contributed by atoms with Crippen molar-refractivity contribution in [3.63, 3.8) is 0 Å². The van der Waals surface area contributed by atoms with Crippen molar-refractivity contribution in [2.45, 2.75) is 11.6 Å². The molecule has 4 rings (SSSR count). The molecule has 35 heavy (non-hydrogen) atoms. The van der Waals surface area contributed by atoms with Crippen LogP contribution in [0.15, 0.2) is 78.0 Å². The number of nitro groups is 1. The lowest BCUT2D eigenvalue weighted by molar-refractivity contribution is -0.384. The maximum absolute atomic E-state index is 13.3. The summed E-state index contributed by atoms with van der Waals surface area (Å²) >= 11 is 1.23. The minimum atomic E-state index is -0.461. The van der Waals surface area contributed by atoms with Gasteiger partial charge in [-0.1, -0.05) is 42.1 Å². The van der Waals surface area contributed by atoms with Crippen LogP contribution in [0, 0.1) is 21.4 Å². The number of nitrogens with zero attached hydrogens (tertiary/aromatic N) is 5. The predicted molar refractivity (Wildman–Crippen MR) is 134 cm³/mol. The van der Waals surface area contributed by atoms with Gasteiger partial charge in [-0.05, 0) is 30.3 Å². The molecule has 10 heteroatoms. The van der Waals surface area contributed by atoms with Crippen molar-refractivity contribution >= 4 is 40.1 Å². The molecule has 0 saturated heterocycles. The maximum atomic E-state index is 13.3. The van der Waals surface area contributed by atoms with Crippen molar-refractivity contribution in [3.8, 4) is 17.5 Å². The molecule has 4 aromatic rings. The molecule has 1 amide bonds. The van der Waals surface area contributed by atoms with E-state index in [0.717, 1.165) is 5.69 Å². The first-order valence-corrected chi connectivity index (χ1v) is 11.7. The number of nitriles is 1. The Morgan fingerprint density at radius 2 is 1.91 bits per heavy atom. The fraction of sp³-hybridized carbons (Fsp3) is 0.160. The van der Waals surface area contributed by atoms with Crippen LogP contribution < -0.4 is 9.64 Å². The van der Waals surface area contributed by atoms with Crippen LogP contribution in [0.25, 0.3) is 16.7 Å². The van der Waals surface area contributed by atoms with E-state index < -0.39 is 4.92 Å². The summed E-state index contributed by atoms with van der Waals surface area (Å²) in [5.74, 6) is 0.363. The van der Waals surface area contributed by atoms with Gasteiger partial charge >= 0.3 is 0 Å². The van der Waals surface area contributed by atoms with Gasteiger partial charge in [-0.2, -0.15) is 5.26 Å². The quantitative estimate of drug-likeness (QED) is 0.186. The number of amides is 1. The van der Waals surface area contributed by atoms with Crippen LogP contribution in [0.3, 0.4) is 0 Å². The highest BCUT2D eigenvalue weighted by molar-refractivity contribution is 7.99. The van der Waals surface area contributed by atoms with Gasteiger partial charge in [-0.15, -0.1) is 0 Å². The number of benzene rings is 3. The number of ether oxygens (including phenoxy) is 1. The lowest BCUT2D eigenvalue weighted by Crippen LogP contribution is -2.33. The number of imidazole rings is 1. The van der Waals surface area contributed by atoms with E-state index in [1.54, 1.807) is 24.3 Å². The standard InChI is InChI=1S/C25H21N5O4S/c1-34-23-11-6-5-10-22(23)28(15-7-14-26)24(31)17-35-25-27-20-16-19(30(32)33)12-13-21(20)29(25)18-8-3-2-4-9-18/h2-6,8-13,16H,7,15,17H2,1H3. The molecule has 1 heterocycles. The van der Waals surface area contributed by atoms with E-state index in [4.69, 9.17) is 10.00 Å². The topological polar surface area (TPSA) is 114 Å². The molecule has 0 N–H and O–H groups in total. The highest BCUT2D eigenvalue weighted by Gasteiger charge is 2.22. The molecule has 0 aliphatic rings. The largest absolute Gasteiger partial charge is 0.495 e. The maximum Gasteiger partial charge on any atom is 0.271 e. The minimum Gasteiger partial charge on any atom is -0.495 e. The van der Waals surface area contributed by atoms with Gasteiger partial charge in [0.25, 0.3) is 5.69 Å². The Morgan fingerprint density at radius 3 is 2.63 bits per heavy atom. The zero-order valence-corrected chi connectivity index (χ0v) is 19.6. The number of carbonyl (C=O) groups excluding carboxylic acids is 1. The summed E-state index contributed by atoms with van der Waals surface area (Å²) in [6.07, 6.45) is 0.167. The number of hydrogen-bond acceptors (Lipinski definition) is 7. The van der Waals surface area contributed by atoms with E-state index in [0.29, 0.717) is 27.6 Å². The molecule has 0 aliphatic heterocycles. The number of nitro benzene ring substituents is 1. The second-order valence-corrected chi connectivity index (χ2v) is 8.35. The highest BCUT2D eigenvalue weighted by atomic mass is 32.2. The molecular formula is C25H21N5O4S. The molecular weight excluding hydrogens is 466 g/mol. The van der Waals surface area contributed by atoms with Crippen molar-refractivity contribution in [3.05, 3.63) is 82.9 Å². The number of fused-ring (bicyclic) bond motifs is 1. The summed E-state index contributed by atoms with van der Waals surface area (Å²) in [4.78, 5) is 30.2. The average molecular weight is 488 g/mol. The lowest BCUT2D eigenvalue weighted by Gasteiger charge is -2.23. The van der Waals surface area contributed by atoms with Gasteiger partial charge in [-0.3, -0.25) is 19.5 Å². The number of aromatic nitrogens is 2. The second-order valence-electron chi connectivity index (χ2n) is 7.41. The number of para-hydroxylation sites is 3. The van der Waals surface area contributed by atoms with Crippen LogP contribution in [0.2, 0.25) is 0 Å². The van der Waals surface area contributed by atoms with E-state index in [-0.39, 0.29) is 30.3 Å². The summed E-state index contributed by atoms with van der Waals surface area (Å²) in [5.41, 5.74) is 2.52. The Hall–Kier alpha value is -4.36. The van der Waals surface area contributed by atoms with Gasteiger partial charge < -0.3 is 9.64 Å². The van der Waals surface area contributed by atoms with Gasteiger partial charge in [0.1, 0.15) is 5.75 Å². The number of non-ortho nitro benzene ring substituents is 1. The van der Waals surface area contributed by atoms with E-state index in [2.05, 4.69) is 11.1 Å². The van der Waals surface area contributed by atoms with E-state index in [1.807, 2.05) is 41.0 Å². The van der Waals surface area contributed by atoms with Gasteiger partial charge in [0.15, 0.2) is 5.16 Å². The Labute approximate surface area is 205 Å². The van der Waals surface area contributed by atoms with Crippen molar-refractivity contribution in [2.75, 3.05) is 24.3 Å². The molecule has 0 saturated carbocycles. The van der Waals surface area contributed by atoms with Crippen LogP contribution in [-0.4, -0.2) is 39.8 Å². The predicted octanol–water partition coefficient (Wildman–Crippen LogP) is 4.98. The highest BCUT2D eigenvalue weighted by Crippen LogP contribution is 2.32. The SMILES string of the molecule is COc1ccccc1N(CCC#N)C(=O)CSc1nc2cc([N+](=O)[O-])ccc2n1-c1ccccc1. The van der Waals surface area contributed by atoms with Crippen LogP contribution in [-0.2, 0) is 4.79 Å². The van der Waals surface area contributed by atoms with Crippen LogP contribution in [0.5, 0.6) is 5.75 Å². The van der Waals surface area contributed by atoms with Gasteiger partial charge in [0, 0.05) is 24.4 Å². The first-order chi connectivity index (χ1) is 17.0. The molecule has 0 fully saturated rings. The molecule has 0 unspecified atom stereocenters. The van der Waals surface area contributed by atoms with E-state index >= 15 is 0 Å². The number of thioether (sulfide) groups is 1. The van der Waals surface area contributed by atoms with Crippen molar-refractivity contribution in [2.24, 2.45) is 0 Å². The van der Waals surface area contributed by atoms with Gasteiger partial charge in [-0.25, -0.2) is 4.98 Å². The fourth-order valence-electron chi connectivity index (χ4n) is 3.68. The van der Waals surface area contributed by atoms with Crippen LogP contribution >= 0.6 is 11.8 Å². The third-order valence-corrected chi connectivity index (χ3v) is 6.20. The van der Waals surface area contributed by atoms with Gasteiger partial charge in [0.2, 0.25) is 5.91 Å². The first-order valence-electron chi connectivity index (χ1n) is 10.7.